The van der Waals surface area contributed by atoms with Crippen molar-refractivity contribution in [2.45, 2.75) is 32.4 Å². The molecule has 35 heavy (non-hydrogen) atoms. The second-order valence-corrected chi connectivity index (χ2v) is 9.36. The molecule has 0 aliphatic carbocycles. The highest BCUT2D eigenvalue weighted by molar-refractivity contribution is 5.93. The minimum Gasteiger partial charge on any atom is -0.375 e. The van der Waals surface area contributed by atoms with Crippen molar-refractivity contribution in [1.29, 1.82) is 0 Å². The topological polar surface area (TPSA) is 60.9 Å². The van der Waals surface area contributed by atoms with Gasteiger partial charge in [0.05, 0.1) is 22.8 Å². The van der Waals surface area contributed by atoms with E-state index in [1.165, 1.54) is 0 Å². The standard InChI is InChI=1S/C28H28N6O/c1-20(2)31-16-12-23(13-17-31)34-28(35)25-19-32(26-7-4-3-6-24(26)27(25)30-34)18-21-8-10-22(11-9-21)33-15-5-14-29-33/h3-11,14-15,19,23H,1,12-13,16-18H2,2H3. The molecule has 0 spiro atoms. The van der Waals surface area contributed by atoms with Crippen molar-refractivity contribution >= 4 is 10.9 Å². The Morgan fingerprint density at radius 2 is 1.83 bits per heavy atom. The molecule has 0 atom stereocenters. The summed E-state index contributed by atoms with van der Waals surface area (Å²) in [6.07, 6.45) is 7.48. The van der Waals surface area contributed by atoms with E-state index in [-0.39, 0.29) is 11.6 Å². The van der Waals surface area contributed by atoms with Gasteiger partial charge in [0, 0.05) is 49.3 Å². The van der Waals surface area contributed by atoms with Gasteiger partial charge in [-0.2, -0.15) is 10.2 Å². The molecule has 3 aromatic rings. The predicted molar refractivity (Wildman–Crippen MR) is 138 cm³/mol. The molecule has 0 bridgehead atoms. The molecule has 1 fully saturated rings. The SMILES string of the molecule is C=C(C)N1CCC(n2nc3c4ccccc4n(Cc4ccc(-n5cccn5)cc4)cc-3c2=O)CC1. The van der Waals surface area contributed by atoms with Crippen molar-refractivity contribution in [2.75, 3.05) is 13.1 Å². The third-order valence-electron chi connectivity index (χ3n) is 7.06. The number of hydrogen-bond acceptors (Lipinski definition) is 4. The van der Waals surface area contributed by atoms with E-state index in [1.807, 2.05) is 42.2 Å². The number of piperidine rings is 1. The predicted octanol–water partition coefficient (Wildman–Crippen LogP) is 4.71. The number of fused-ring (bicyclic) bond motifs is 3. The molecular weight excluding hydrogens is 436 g/mol. The van der Waals surface area contributed by atoms with E-state index in [0.717, 1.165) is 59.5 Å². The number of rotatable bonds is 5. The first kappa shape index (κ1) is 21.4. The maximum atomic E-state index is 13.5. The fourth-order valence-electron chi connectivity index (χ4n) is 5.14. The molecule has 1 aromatic heterocycles. The molecule has 176 valence electrons. The Hall–Kier alpha value is -4.13. The van der Waals surface area contributed by atoms with Gasteiger partial charge in [-0.3, -0.25) is 4.79 Å². The summed E-state index contributed by atoms with van der Waals surface area (Å²) in [7, 11) is 0. The Morgan fingerprint density at radius 3 is 2.54 bits per heavy atom. The molecule has 0 unspecified atom stereocenters. The lowest BCUT2D eigenvalue weighted by Gasteiger charge is -2.33. The maximum absolute atomic E-state index is 13.5. The van der Waals surface area contributed by atoms with Crippen LogP contribution in [0.5, 0.6) is 0 Å². The van der Waals surface area contributed by atoms with Gasteiger partial charge >= 0.3 is 0 Å². The first-order valence-corrected chi connectivity index (χ1v) is 12.1. The van der Waals surface area contributed by atoms with Gasteiger partial charge in [0.25, 0.3) is 5.56 Å². The van der Waals surface area contributed by atoms with Crippen LogP contribution in [0.1, 0.15) is 31.4 Å². The van der Waals surface area contributed by atoms with Gasteiger partial charge in [-0.15, -0.1) is 0 Å². The van der Waals surface area contributed by atoms with Gasteiger partial charge in [0.2, 0.25) is 0 Å². The van der Waals surface area contributed by atoms with Crippen molar-refractivity contribution < 1.29 is 0 Å². The van der Waals surface area contributed by atoms with Gasteiger partial charge in [0.1, 0.15) is 5.69 Å². The van der Waals surface area contributed by atoms with E-state index in [1.54, 1.807) is 10.9 Å². The fraction of sp³-hybridized carbons (Fsp3) is 0.250. The van der Waals surface area contributed by atoms with E-state index in [2.05, 4.69) is 57.5 Å². The second kappa shape index (κ2) is 8.58. The summed E-state index contributed by atoms with van der Waals surface area (Å²) in [6, 6.07) is 18.6. The van der Waals surface area contributed by atoms with Crippen LogP contribution in [0.15, 0.2) is 90.3 Å². The van der Waals surface area contributed by atoms with Gasteiger partial charge in [0.15, 0.2) is 0 Å². The van der Waals surface area contributed by atoms with Crippen molar-refractivity contribution in [1.82, 2.24) is 29.0 Å². The molecule has 0 amide bonds. The van der Waals surface area contributed by atoms with Crippen LogP contribution in [0.25, 0.3) is 27.8 Å². The summed E-state index contributed by atoms with van der Waals surface area (Å²) in [5, 5.41) is 10.2. The van der Waals surface area contributed by atoms with Crippen molar-refractivity contribution in [3.63, 3.8) is 0 Å². The van der Waals surface area contributed by atoms with Crippen LogP contribution in [0.2, 0.25) is 0 Å². The molecule has 7 nitrogen and oxygen atoms in total. The van der Waals surface area contributed by atoms with E-state index in [4.69, 9.17) is 5.10 Å². The summed E-state index contributed by atoms with van der Waals surface area (Å²) in [4.78, 5) is 15.8. The first-order chi connectivity index (χ1) is 17.1. The highest BCUT2D eigenvalue weighted by Crippen LogP contribution is 2.30. The number of pyridine rings is 1. The summed E-state index contributed by atoms with van der Waals surface area (Å²) in [6.45, 7) is 8.58. The highest BCUT2D eigenvalue weighted by Gasteiger charge is 2.27. The molecule has 4 heterocycles. The molecule has 7 heteroatoms. The second-order valence-electron chi connectivity index (χ2n) is 9.36. The third-order valence-corrected chi connectivity index (χ3v) is 7.06. The minimum absolute atomic E-state index is 0.00214. The molecule has 2 aromatic carbocycles. The van der Waals surface area contributed by atoms with Crippen LogP contribution in [0.4, 0.5) is 0 Å². The van der Waals surface area contributed by atoms with Gasteiger partial charge in [-0.1, -0.05) is 36.9 Å². The average Bonchev–Trinajstić information content (AvgIpc) is 3.54. The summed E-state index contributed by atoms with van der Waals surface area (Å²) in [5.41, 5.74) is 5.80. The van der Waals surface area contributed by atoms with Crippen molar-refractivity contribution in [3.8, 4) is 16.9 Å². The number of allylic oxidation sites excluding steroid dienone is 1. The number of nitrogens with zero attached hydrogens (tertiary/aromatic N) is 6. The van der Waals surface area contributed by atoms with Crippen LogP contribution in [-0.2, 0) is 6.54 Å². The van der Waals surface area contributed by atoms with Gasteiger partial charge in [-0.05, 0) is 49.6 Å². The molecule has 1 saturated heterocycles. The third kappa shape index (κ3) is 3.83. The van der Waals surface area contributed by atoms with Crippen molar-refractivity contribution in [3.05, 3.63) is 101 Å². The Morgan fingerprint density at radius 1 is 1.06 bits per heavy atom. The first-order valence-electron chi connectivity index (χ1n) is 12.1. The Labute approximate surface area is 203 Å². The number of aromatic nitrogens is 5. The summed E-state index contributed by atoms with van der Waals surface area (Å²) in [5.74, 6) is 0. The largest absolute Gasteiger partial charge is 0.375 e. The summed E-state index contributed by atoms with van der Waals surface area (Å²) >= 11 is 0. The lowest BCUT2D eigenvalue weighted by Crippen LogP contribution is -2.36. The Kier molecular flexibility index (Phi) is 5.25. The monoisotopic (exact) mass is 464 g/mol. The van der Waals surface area contributed by atoms with Gasteiger partial charge in [-0.25, -0.2) is 9.36 Å². The Balaban J connectivity index is 1.37. The van der Waals surface area contributed by atoms with Crippen molar-refractivity contribution in [2.24, 2.45) is 0 Å². The van der Waals surface area contributed by atoms with Crippen LogP contribution in [-0.4, -0.2) is 42.1 Å². The van der Waals surface area contributed by atoms with Crippen LogP contribution in [0, 0.1) is 0 Å². The summed E-state index contributed by atoms with van der Waals surface area (Å²) < 4.78 is 5.74. The zero-order valence-electron chi connectivity index (χ0n) is 19.8. The Bertz CT molecular complexity index is 1520. The zero-order chi connectivity index (χ0) is 23.9. The van der Waals surface area contributed by atoms with E-state index < -0.39 is 0 Å². The molecule has 6 rings (SSSR count). The quantitative estimate of drug-likeness (QED) is 0.378. The number of hydrogen-bond donors (Lipinski definition) is 0. The van der Waals surface area contributed by atoms with E-state index in [9.17, 15) is 4.79 Å². The van der Waals surface area contributed by atoms with Crippen LogP contribution < -0.4 is 5.56 Å². The minimum atomic E-state index is 0.00214. The zero-order valence-corrected chi connectivity index (χ0v) is 19.8. The van der Waals surface area contributed by atoms with Gasteiger partial charge < -0.3 is 9.47 Å². The molecule has 0 radical (unpaired) electrons. The molecule has 0 saturated carbocycles. The normalized spacial score (nSPS) is 14.7. The number of likely N-dealkylation sites (tertiary alicyclic amines) is 1. The molecule has 3 aliphatic heterocycles. The average molecular weight is 465 g/mol. The van der Waals surface area contributed by atoms with Crippen LogP contribution >= 0.6 is 0 Å². The fourth-order valence-corrected chi connectivity index (χ4v) is 5.14. The smallest absolute Gasteiger partial charge is 0.278 e. The van der Waals surface area contributed by atoms with E-state index in [0.29, 0.717) is 12.1 Å². The number of para-hydroxylation sites is 1. The maximum Gasteiger partial charge on any atom is 0.278 e. The number of benzene rings is 2. The molecule has 3 aliphatic rings. The molecular formula is C28H28N6O. The van der Waals surface area contributed by atoms with E-state index >= 15 is 0 Å². The molecule has 0 N–H and O–H groups in total. The lowest BCUT2D eigenvalue weighted by molar-refractivity contribution is 0.217. The van der Waals surface area contributed by atoms with Crippen LogP contribution in [0.3, 0.4) is 0 Å². The lowest BCUT2D eigenvalue weighted by atomic mass is 10.0. The highest BCUT2D eigenvalue weighted by atomic mass is 16.1.